The highest BCUT2D eigenvalue weighted by Crippen LogP contribution is 2.31. The quantitative estimate of drug-likeness (QED) is 0.551. The van der Waals surface area contributed by atoms with Gasteiger partial charge in [-0.05, 0) is 36.2 Å². The van der Waals surface area contributed by atoms with Crippen molar-refractivity contribution in [3.8, 4) is 17.2 Å². The summed E-state index contributed by atoms with van der Waals surface area (Å²) < 4.78 is 11.5. The molecule has 1 amide bonds. The maximum Gasteiger partial charge on any atom is 0.323 e. The predicted octanol–water partition coefficient (Wildman–Crippen LogP) is 4.01. The summed E-state index contributed by atoms with van der Waals surface area (Å²) in [5.41, 5.74) is 1.03. The highest BCUT2D eigenvalue weighted by atomic mass is 16.5. The Labute approximate surface area is 175 Å². The molecule has 0 saturated heterocycles. The largest absolute Gasteiger partial charge is 0.480 e. The van der Waals surface area contributed by atoms with Gasteiger partial charge in [-0.15, -0.1) is 0 Å². The lowest BCUT2D eigenvalue weighted by Crippen LogP contribution is -2.40. The van der Waals surface area contributed by atoms with Crippen LogP contribution in [0.15, 0.2) is 84.9 Å². The zero-order valence-corrected chi connectivity index (χ0v) is 16.4. The van der Waals surface area contributed by atoms with Crippen LogP contribution in [-0.2, 0) is 16.0 Å². The second kappa shape index (κ2) is 10.7. The number of carbonyl (C=O) groups excluding carboxylic acids is 1. The van der Waals surface area contributed by atoms with E-state index in [1.165, 1.54) is 4.90 Å². The fourth-order valence-electron chi connectivity index (χ4n) is 2.86. The number of hydrogen-bond acceptors (Lipinski definition) is 4. The molecule has 0 aliphatic carbocycles. The van der Waals surface area contributed by atoms with E-state index in [9.17, 15) is 9.59 Å². The van der Waals surface area contributed by atoms with Gasteiger partial charge in [0.25, 0.3) is 5.91 Å². The van der Waals surface area contributed by atoms with Gasteiger partial charge in [-0.1, -0.05) is 60.7 Å². The molecule has 3 aromatic carbocycles. The van der Waals surface area contributed by atoms with Gasteiger partial charge in [-0.25, -0.2) is 0 Å². The highest BCUT2D eigenvalue weighted by molar-refractivity contribution is 5.82. The van der Waals surface area contributed by atoms with Crippen molar-refractivity contribution in [2.24, 2.45) is 0 Å². The first kappa shape index (κ1) is 20.9. The first-order valence-corrected chi connectivity index (χ1v) is 9.60. The monoisotopic (exact) mass is 405 g/mol. The molecule has 0 unspecified atom stereocenters. The molecule has 1 N–H and O–H groups in total. The van der Waals surface area contributed by atoms with Gasteiger partial charge >= 0.3 is 5.97 Å². The van der Waals surface area contributed by atoms with Crippen LogP contribution < -0.4 is 9.47 Å². The lowest BCUT2D eigenvalue weighted by atomic mass is 10.1. The van der Waals surface area contributed by atoms with Crippen molar-refractivity contribution >= 4 is 11.9 Å². The van der Waals surface area contributed by atoms with Gasteiger partial charge in [0.1, 0.15) is 12.3 Å². The number of rotatable bonds is 10. The Bertz CT molecular complexity index is 960. The van der Waals surface area contributed by atoms with Crippen molar-refractivity contribution in [1.29, 1.82) is 0 Å². The zero-order valence-electron chi connectivity index (χ0n) is 16.4. The molecule has 6 nitrogen and oxygen atoms in total. The molecule has 0 aromatic heterocycles. The fraction of sp³-hybridized carbons (Fsp3) is 0.167. The van der Waals surface area contributed by atoms with Gasteiger partial charge in [-0.2, -0.15) is 0 Å². The van der Waals surface area contributed by atoms with Crippen LogP contribution in [0.2, 0.25) is 0 Å². The summed E-state index contributed by atoms with van der Waals surface area (Å²) >= 11 is 0. The van der Waals surface area contributed by atoms with E-state index in [-0.39, 0.29) is 13.2 Å². The van der Waals surface area contributed by atoms with Crippen LogP contribution in [-0.4, -0.2) is 41.6 Å². The predicted molar refractivity (Wildman–Crippen MR) is 113 cm³/mol. The Hall–Kier alpha value is -3.80. The number of carbonyl (C=O) groups is 2. The lowest BCUT2D eigenvalue weighted by Gasteiger charge is -2.21. The summed E-state index contributed by atoms with van der Waals surface area (Å²) in [6.45, 7) is -0.366. The molecule has 0 saturated carbocycles. The summed E-state index contributed by atoms with van der Waals surface area (Å²) in [7, 11) is 0. The topological polar surface area (TPSA) is 76.1 Å². The molecule has 0 fully saturated rings. The molecular weight excluding hydrogens is 382 g/mol. The third-order valence-corrected chi connectivity index (χ3v) is 4.36. The van der Waals surface area contributed by atoms with E-state index in [4.69, 9.17) is 14.6 Å². The number of nitrogens with zero attached hydrogens (tertiary/aromatic N) is 1. The first-order valence-electron chi connectivity index (χ1n) is 9.60. The van der Waals surface area contributed by atoms with Crippen LogP contribution in [0.5, 0.6) is 17.2 Å². The molecule has 0 radical (unpaired) electrons. The molecule has 0 heterocycles. The van der Waals surface area contributed by atoms with Gasteiger partial charge in [-0.3, -0.25) is 9.59 Å². The Balaban J connectivity index is 1.62. The average molecular weight is 405 g/mol. The highest BCUT2D eigenvalue weighted by Gasteiger charge is 2.18. The van der Waals surface area contributed by atoms with E-state index < -0.39 is 11.9 Å². The third-order valence-electron chi connectivity index (χ3n) is 4.36. The van der Waals surface area contributed by atoms with Crippen LogP contribution in [0, 0.1) is 0 Å². The first-order chi connectivity index (χ1) is 14.6. The number of carboxylic acids is 1. The van der Waals surface area contributed by atoms with Crippen molar-refractivity contribution in [2.75, 3.05) is 19.7 Å². The van der Waals surface area contributed by atoms with Crippen molar-refractivity contribution < 1.29 is 24.2 Å². The summed E-state index contributed by atoms with van der Waals surface area (Å²) in [5.74, 6) is 0.0703. The molecule has 3 rings (SSSR count). The number of ether oxygens (including phenoxy) is 2. The number of aliphatic carboxylic acids is 1. The molecular formula is C24H23NO5. The normalized spacial score (nSPS) is 10.3. The molecule has 6 heteroatoms. The van der Waals surface area contributed by atoms with Crippen molar-refractivity contribution in [3.63, 3.8) is 0 Å². The SMILES string of the molecule is O=C(O)CN(CCc1ccccc1)C(=O)COc1ccccc1Oc1ccccc1. The van der Waals surface area contributed by atoms with Crippen LogP contribution >= 0.6 is 0 Å². The van der Waals surface area contributed by atoms with E-state index in [1.54, 1.807) is 18.2 Å². The fourth-order valence-corrected chi connectivity index (χ4v) is 2.86. The number of amides is 1. The number of hydrogen-bond donors (Lipinski definition) is 1. The van der Waals surface area contributed by atoms with Crippen molar-refractivity contribution in [2.45, 2.75) is 6.42 Å². The minimum Gasteiger partial charge on any atom is -0.480 e. The molecule has 154 valence electrons. The lowest BCUT2D eigenvalue weighted by molar-refractivity contribution is -0.145. The number of carboxylic acid groups (broad SMARTS) is 1. The Morgan fingerprint density at radius 3 is 2.07 bits per heavy atom. The van der Waals surface area contributed by atoms with Crippen LogP contribution in [0.1, 0.15) is 5.56 Å². The molecule has 0 aliphatic heterocycles. The second-order valence-corrected chi connectivity index (χ2v) is 6.60. The molecule has 3 aromatic rings. The minimum absolute atomic E-state index is 0.281. The minimum atomic E-state index is -1.07. The number of benzene rings is 3. The van der Waals surface area contributed by atoms with Crippen LogP contribution in [0.3, 0.4) is 0 Å². The van der Waals surface area contributed by atoms with E-state index in [1.807, 2.05) is 66.7 Å². The Morgan fingerprint density at radius 2 is 1.40 bits per heavy atom. The smallest absolute Gasteiger partial charge is 0.323 e. The molecule has 0 atom stereocenters. The van der Waals surface area contributed by atoms with E-state index in [2.05, 4.69) is 0 Å². The maximum absolute atomic E-state index is 12.6. The summed E-state index contributed by atoms with van der Waals surface area (Å²) in [6.07, 6.45) is 0.563. The van der Waals surface area contributed by atoms with Gasteiger partial charge < -0.3 is 19.5 Å². The van der Waals surface area contributed by atoms with Crippen LogP contribution in [0.4, 0.5) is 0 Å². The van der Waals surface area contributed by atoms with E-state index >= 15 is 0 Å². The van der Waals surface area contributed by atoms with Gasteiger partial charge in [0.2, 0.25) is 0 Å². The Morgan fingerprint density at radius 1 is 0.800 bits per heavy atom. The summed E-state index contributed by atoms with van der Waals surface area (Å²) in [5, 5.41) is 9.17. The van der Waals surface area contributed by atoms with Gasteiger partial charge in [0.05, 0.1) is 0 Å². The van der Waals surface area contributed by atoms with Gasteiger partial charge in [0, 0.05) is 6.54 Å². The maximum atomic E-state index is 12.6. The van der Waals surface area contributed by atoms with E-state index in [0.29, 0.717) is 30.2 Å². The van der Waals surface area contributed by atoms with Crippen molar-refractivity contribution in [1.82, 2.24) is 4.90 Å². The zero-order chi connectivity index (χ0) is 21.2. The molecule has 0 spiro atoms. The second-order valence-electron chi connectivity index (χ2n) is 6.60. The van der Waals surface area contributed by atoms with Crippen LogP contribution in [0.25, 0.3) is 0 Å². The Kier molecular flexibility index (Phi) is 7.44. The number of para-hydroxylation sites is 3. The molecule has 0 bridgehead atoms. The molecule has 30 heavy (non-hydrogen) atoms. The summed E-state index contributed by atoms with van der Waals surface area (Å²) in [4.78, 5) is 25.1. The molecule has 0 aliphatic rings. The average Bonchev–Trinajstić information content (AvgIpc) is 2.77. The van der Waals surface area contributed by atoms with E-state index in [0.717, 1.165) is 5.56 Å². The van der Waals surface area contributed by atoms with Gasteiger partial charge in [0.15, 0.2) is 18.1 Å². The third kappa shape index (κ3) is 6.38. The summed E-state index contributed by atoms with van der Waals surface area (Å²) in [6, 6.07) is 25.9. The standard InChI is InChI=1S/C24H23NO5/c26-23(25(17-24(27)28)16-15-19-9-3-1-4-10-19)18-29-21-13-7-8-14-22(21)30-20-11-5-2-6-12-20/h1-14H,15-18H2,(H,27,28). The van der Waals surface area contributed by atoms with Crippen molar-refractivity contribution in [3.05, 3.63) is 90.5 Å².